The summed E-state index contributed by atoms with van der Waals surface area (Å²) < 4.78 is 5.51. The molecule has 1 N–H and O–H groups in total. The van der Waals surface area contributed by atoms with E-state index in [1.54, 1.807) is 0 Å². The zero-order valence-electron chi connectivity index (χ0n) is 12.4. The van der Waals surface area contributed by atoms with Gasteiger partial charge in [-0.3, -0.25) is 9.80 Å². The van der Waals surface area contributed by atoms with Crippen molar-refractivity contribution in [1.29, 1.82) is 0 Å². The standard InChI is InChI=1S/C15H30N2O2/c1-2-3-10-19-13-15(18)12-16-7-5-9-17-8-4-6-14(17)11-16/h14-15,18H,2-13H2,1H3. The van der Waals surface area contributed by atoms with Crippen molar-refractivity contribution in [3.8, 4) is 0 Å². The molecule has 0 amide bonds. The van der Waals surface area contributed by atoms with E-state index in [1.807, 2.05) is 0 Å². The number of hydrogen-bond donors (Lipinski definition) is 1. The van der Waals surface area contributed by atoms with Crippen molar-refractivity contribution in [3.05, 3.63) is 0 Å². The number of aliphatic hydroxyl groups excluding tert-OH is 1. The van der Waals surface area contributed by atoms with Crippen molar-refractivity contribution >= 4 is 0 Å². The van der Waals surface area contributed by atoms with E-state index < -0.39 is 0 Å². The predicted molar refractivity (Wildman–Crippen MR) is 77.4 cm³/mol. The summed E-state index contributed by atoms with van der Waals surface area (Å²) in [6, 6.07) is 0.732. The molecule has 2 aliphatic rings. The first-order valence-corrected chi connectivity index (χ1v) is 8.01. The second-order valence-corrected chi connectivity index (χ2v) is 6.03. The van der Waals surface area contributed by atoms with Crippen LogP contribution in [0.2, 0.25) is 0 Å². The van der Waals surface area contributed by atoms with Crippen LogP contribution in [-0.2, 0) is 4.74 Å². The summed E-state index contributed by atoms with van der Waals surface area (Å²) in [6.45, 7) is 8.98. The Hall–Kier alpha value is -0.160. The lowest BCUT2D eigenvalue weighted by Gasteiger charge is -2.27. The predicted octanol–water partition coefficient (Wildman–Crippen LogP) is 1.33. The molecule has 0 aromatic rings. The summed E-state index contributed by atoms with van der Waals surface area (Å²) in [5.74, 6) is 0. The lowest BCUT2D eigenvalue weighted by atomic mass is 10.2. The number of ether oxygens (including phenoxy) is 1. The molecule has 4 nitrogen and oxygen atoms in total. The highest BCUT2D eigenvalue weighted by molar-refractivity contribution is 4.85. The Balaban J connectivity index is 1.66. The van der Waals surface area contributed by atoms with Crippen molar-refractivity contribution in [2.24, 2.45) is 0 Å². The van der Waals surface area contributed by atoms with Crippen molar-refractivity contribution in [1.82, 2.24) is 9.80 Å². The molecular weight excluding hydrogens is 240 g/mol. The molecular formula is C15H30N2O2. The third-order valence-corrected chi connectivity index (χ3v) is 4.31. The van der Waals surface area contributed by atoms with Crippen LogP contribution in [0.4, 0.5) is 0 Å². The molecule has 0 spiro atoms. The van der Waals surface area contributed by atoms with E-state index in [-0.39, 0.29) is 6.10 Å². The zero-order chi connectivity index (χ0) is 13.5. The Labute approximate surface area is 117 Å². The van der Waals surface area contributed by atoms with Gasteiger partial charge < -0.3 is 9.84 Å². The summed E-state index contributed by atoms with van der Waals surface area (Å²) in [7, 11) is 0. The van der Waals surface area contributed by atoms with Gasteiger partial charge in [-0.15, -0.1) is 0 Å². The smallest absolute Gasteiger partial charge is 0.0900 e. The monoisotopic (exact) mass is 270 g/mol. The number of rotatable bonds is 7. The molecule has 2 rings (SSSR count). The minimum Gasteiger partial charge on any atom is -0.389 e. The van der Waals surface area contributed by atoms with Crippen molar-refractivity contribution in [3.63, 3.8) is 0 Å². The summed E-state index contributed by atoms with van der Waals surface area (Å²) >= 11 is 0. The summed E-state index contributed by atoms with van der Waals surface area (Å²) in [4.78, 5) is 5.06. The molecule has 0 saturated carbocycles. The van der Waals surface area contributed by atoms with Gasteiger partial charge in [-0.05, 0) is 45.3 Å². The van der Waals surface area contributed by atoms with E-state index in [2.05, 4.69) is 16.7 Å². The maximum absolute atomic E-state index is 10.1. The molecule has 112 valence electrons. The minimum atomic E-state index is -0.329. The number of fused-ring (bicyclic) bond motifs is 1. The molecule has 2 atom stereocenters. The summed E-state index contributed by atoms with van der Waals surface area (Å²) in [6.07, 6.45) is 5.83. The SMILES string of the molecule is CCCCOCC(O)CN1CCCN2CCCC2C1. The highest BCUT2D eigenvalue weighted by Crippen LogP contribution is 2.21. The van der Waals surface area contributed by atoms with Crippen LogP contribution in [0.25, 0.3) is 0 Å². The van der Waals surface area contributed by atoms with Crippen LogP contribution in [0.5, 0.6) is 0 Å². The molecule has 19 heavy (non-hydrogen) atoms. The lowest BCUT2D eigenvalue weighted by Crippen LogP contribution is -2.41. The van der Waals surface area contributed by atoms with Gasteiger partial charge in [0.25, 0.3) is 0 Å². The first kappa shape index (κ1) is 15.2. The molecule has 4 heteroatoms. The van der Waals surface area contributed by atoms with Gasteiger partial charge in [-0.2, -0.15) is 0 Å². The second-order valence-electron chi connectivity index (χ2n) is 6.03. The lowest BCUT2D eigenvalue weighted by molar-refractivity contribution is 0.0149. The Morgan fingerprint density at radius 3 is 2.95 bits per heavy atom. The molecule has 0 bridgehead atoms. The van der Waals surface area contributed by atoms with E-state index in [0.717, 1.165) is 45.1 Å². The van der Waals surface area contributed by atoms with E-state index in [0.29, 0.717) is 6.61 Å². The van der Waals surface area contributed by atoms with Crippen LogP contribution in [0.3, 0.4) is 0 Å². The van der Waals surface area contributed by atoms with E-state index in [9.17, 15) is 5.11 Å². The Kier molecular flexibility index (Phi) is 6.57. The van der Waals surface area contributed by atoms with Crippen molar-refractivity contribution in [2.75, 3.05) is 45.9 Å². The van der Waals surface area contributed by atoms with Gasteiger partial charge in [0.05, 0.1) is 12.7 Å². The zero-order valence-corrected chi connectivity index (χ0v) is 12.4. The molecule has 2 aliphatic heterocycles. The number of unbranched alkanes of at least 4 members (excludes halogenated alkanes) is 1. The fourth-order valence-electron chi connectivity index (χ4n) is 3.27. The number of nitrogens with zero attached hydrogens (tertiary/aromatic N) is 2. The minimum absolute atomic E-state index is 0.329. The van der Waals surface area contributed by atoms with Gasteiger partial charge in [0.2, 0.25) is 0 Å². The van der Waals surface area contributed by atoms with Crippen molar-refractivity contribution in [2.45, 2.75) is 51.2 Å². The number of hydrogen-bond acceptors (Lipinski definition) is 4. The molecule has 0 aliphatic carbocycles. The van der Waals surface area contributed by atoms with Crippen LogP contribution in [-0.4, -0.2) is 73.0 Å². The molecule has 0 aromatic heterocycles. The largest absolute Gasteiger partial charge is 0.389 e. The number of β-amino-alcohol motifs (C(OH)–C–C–N with tert-alkyl or cyclic N) is 1. The topological polar surface area (TPSA) is 35.9 Å². The fourth-order valence-corrected chi connectivity index (χ4v) is 3.27. The van der Waals surface area contributed by atoms with E-state index in [1.165, 1.54) is 32.4 Å². The third-order valence-electron chi connectivity index (χ3n) is 4.31. The van der Waals surface area contributed by atoms with Gasteiger partial charge >= 0.3 is 0 Å². The third kappa shape index (κ3) is 5.03. The van der Waals surface area contributed by atoms with E-state index >= 15 is 0 Å². The maximum Gasteiger partial charge on any atom is 0.0900 e. The summed E-state index contributed by atoms with van der Waals surface area (Å²) in [5.41, 5.74) is 0. The maximum atomic E-state index is 10.1. The summed E-state index contributed by atoms with van der Waals surface area (Å²) in [5, 5.41) is 10.1. The van der Waals surface area contributed by atoms with Gasteiger partial charge in [0.1, 0.15) is 0 Å². The van der Waals surface area contributed by atoms with Crippen LogP contribution in [0.15, 0.2) is 0 Å². The van der Waals surface area contributed by atoms with Crippen molar-refractivity contribution < 1.29 is 9.84 Å². The average Bonchev–Trinajstić information content (AvgIpc) is 2.74. The van der Waals surface area contributed by atoms with Crippen LogP contribution in [0, 0.1) is 0 Å². The molecule has 2 saturated heterocycles. The molecule has 0 radical (unpaired) electrons. The van der Waals surface area contributed by atoms with Crippen LogP contribution in [0.1, 0.15) is 39.0 Å². The van der Waals surface area contributed by atoms with Crippen LogP contribution < -0.4 is 0 Å². The fraction of sp³-hybridized carbons (Fsp3) is 1.00. The first-order valence-electron chi connectivity index (χ1n) is 8.01. The number of aliphatic hydroxyl groups is 1. The Morgan fingerprint density at radius 2 is 2.11 bits per heavy atom. The first-order chi connectivity index (χ1) is 9.29. The molecule has 0 aromatic carbocycles. The Bertz CT molecular complexity index is 250. The Morgan fingerprint density at radius 1 is 1.26 bits per heavy atom. The second kappa shape index (κ2) is 8.20. The molecule has 2 fully saturated rings. The van der Waals surface area contributed by atoms with Gasteiger partial charge in [0, 0.05) is 25.7 Å². The highest BCUT2D eigenvalue weighted by Gasteiger charge is 2.29. The van der Waals surface area contributed by atoms with Crippen LogP contribution >= 0.6 is 0 Å². The average molecular weight is 270 g/mol. The highest BCUT2D eigenvalue weighted by atomic mass is 16.5. The van der Waals surface area contributed by atoms with Gasteiger partial charge in [-0.25, -0.2) is 0 Å². The molecule has 2 heterocycles. The normalized spacial score (nSPS) is 27.2. The van der Waals surface area contributed by atoms with Gasteiger partial charge in [0.15, 0.2) is 0 Å². The van der Waals surface area contributed by atoms with Gasteiger partial charge in [-0.1, -0.05) is 13.3 Å². The van der Waals surface area contributed by atoms with E-state index in [4.69, 9.17) is 4.74 Å². The quantitative estimate of drug-likeness (QED) is 0.708. The molecule has 2 unspecified atom stereocenters.